The molecule has 0 radical (unpaired) electrons. The number of ether oxygens (including phenoxy) is 1. The van der Waals surface area contributed by atoms with Gasteiger partial charge in [-0.25, -0.2) is 18.1 Å². The van der Waals surface area contributed by atoms with Crippen LogP contribution in [0.15, 0.2) is 41.4 Å². The third-order valence-electron chi connectivity index (χ3n) is 5.41. The van der Waals surface area contributed by atoms with Crippen molar-refractivity contribution >= 4 is 20.9 Å². The molecule has 7 heteroatoms. The maximum atomic E-state index is 12.4. The summed E-state index contributed by atoms with van der Waals surface area (Å²) in [5.41, 5.74) is 2.46. The number of nitrogens with one attached hydrogen (secondary N) is 1. The van der Waals surface area contributed by atoms with Crippen LogP contribution in [0.1, 0.15) is 37.8 Å². The van der Waals surface area contributed by atoms with Crippen molar-refractivity contribution in [3.63, 3.8) is 0 Å². The zero-order valence-electron chi connectivity index (χ0n) is 16.1. The van der Waals surface area contributed by atoms with Gasteiger partial charge in [-0.3, -0.25) is 0 Å². The molecule has 6 nitrogen and oxygen atoms in total. The average molecular weight is 401 g/mol. The molecule has 3 aromatic rings. The summed E-state index contributed by atoms with van der Waals surface area (Å²) in [7, 11) is -3.37. The van der Waals surface area contributed by atoms with Crippen LogP contribution in [0.25, 0.3) is 22.2 Å². The first-order chi connectivity index (χ1) is 13.3. The molecule has 1 saturated carbocycles. The van der Waals surface area contributed by atoms with Gasteiger partial charge >= 0.3 is 0 Å². The molecule has 2 heterocycles. The number of fused-ring (bicyclic) bond motifs is 1. The van der Waals surface area contributed by atoms with Crippen LogP contribution in [-0.4, -0.2) is 25.8 Å². The van der Waals surface area contributed by atoms with E-state index in [4.69, 9.17) is 4.74 Å². The summed E-state index contributed by atoms with van der Waals surface area (Å²) in [4.78, 5) is 3.21. The summed E-state index contributed by atoms with van der Waals surface area (Å²) >= 11 is 0. The second-order valence-electron chi connectivity index (χ2n) is 7.54. The Morgan fingerprint density at radius 1 is 1.11 bits per heavy atom. The molecule has 1 N–H and O–H groups in total. The van der Waals surface area contributed by atoms with E-state index in [0.29, 0.717) is 22.7 Å². The van der Waals surface area contributed by atoms with Gasteiger partial charge in [0.1, 0.15) is 11.4 Å². The average Bonchev–Trinajstić information content (AvgIpc) is 3.15. The lowest BCUT2D eigenvalue weighted by Crippen LogP contribution is -2.31. The second-order valence-corrected chi connectivity index (χ2v) is 9.56. The van der Waals surface area contributed by atoms with Crippen LogP contribution in [0.4, 0.5) is 0 Å². The molecule has 148 valence electrons. The minimum Gasteiger partial charge on any atom is -0.710 e. The Morgan fingerprint density at radius 2 is 1.86 bits per heavy atom. The third-order valence-corrected chi connectivity index (χ3v) is 6.52. The molecule has 4 rings (SSSR count). The summed E-state index contributed by atoms with van der Waals surface area (Å²) < 4.78 is 31.5. The number of benzene rings is 1. The number of pyridine rings is 1. The molecule has 2 aromatic heterocycles. The van der Waals surface area contributed by atoms with Crippen LogP contribution in [-0.2, 0) is 9.84 Å². The van der Waals surface area contributed by atoms with Crippen molar-refractivity contribution in [2.75, 3.05) is 6.26 Å². The van der Waals surface area contributed by atoms with Gasteiger partial charge in [0.15, 0.2) is 9.84 Å². The lowest BCUT2D eigenvalue weighted by Gasteiger charge is -2.25. The van der Waals surface area contributed by atoms with E-state index in [1.165, 1.54) is 12.7 Å². The molecule has 0 saturated heterocycles. The summed E-state index contributed by atoms with van der Waals surface area (Å²) in [5, 5.41) is 13.1. The number of aryl methyl sites for hydroxylation is 1. The number of hydrogen-bond acceptors (Lipinski definition) is 4. The molecule has 28 heavy (non-hydrogen) atoms. The first kappa shape index (κ1) is 18.8. The Morgan fingerprint density at radius 3 is 2.57 bits per heavy atom. The molecule has 1 aliphatic carbocycles. The molecular weight excluding hydrogens is 376 g/mol. The lowest BCUT2D eigenvalue weighted by atomic mass is 9.97. The van der Waals surface area contributed by atoms with E-state index in [2.05, 4.69) is 4.98 Å². The highest BCUT2D eigenvalue weighted by atomic mass is 32.2. The highest BCUT2D eigenvalue weighted by molar-refractivity contribution is 7.90. The van der Waals surface area contributed by atoms with Crippen LogP contribution >= 0.6 is 0 Å². The van der Waals surface area contributed by atoms with Gasteiger partial charge in [0.05, 0.1) is 22.6 Å². The van der Waals surface area contributed by atoms with Gasteiger partial charge in [-0.1, -0.05) is 6.42 Å². The van der Waals surface area contributed by atoms with Gasteiger partial charge < -0.3 is 9.94 Å². The molecule has 1 fully saturated rings. The van der Waals surface area contributed by atoms with Gasteiger partial charge in [-0.2, -0.15) is 0 Å². The number of aromatic nitrogens is 2. The van der Waals surface area contributed by atoms with Crippen molar-refractivity contribution in [3.05, 3.63) is 47.4 Å². The Balaban J connectivity index is 1.90. The Labute approximate surface area is 164 Å². The monoisotopic (exact) mass is 400 g/mol. The molecule has 0 spiro atoms. The fraction of sp³-hybridized carbons (Fsp3) is 0.381. The summed E-state index contributed by atoms with van der Waals surface area (Å²) in [5.74, 6) is 0.657. The van der Waals surface area contributed by atoms with Crippen LogP contribution in [0, 0.1) is 12.1 Å². The van der Waals surface area contributed by atoms with Gasteiger partial charge in [-0.15, -0.1) is 0 Å². The van der Waals surface area contributed by atoms with E-state index in [1.807, 2.05) is 6.07 Å². The van der Waals surface area contributed by atoms with Crippen LogP contribution in [0.5, 0.6) is 5.75 Å². The van der Waals surface area contributed by atoms with Crippen LogP contribution in [0.3, 0.4) is 0 Å². The second kappa shape index (κ2) is 7.13. The summed E-state index contributed by atoms with van der Waals surface area (Å²) in [6.45, 7) is 1.73. The molecule has 0 amide bonds. The first-order valence-corrected chi connectivity index (χ1v) is 11.4. The van der Waals surface area contributed by atoms with E-state index < -0.39 is 9.84 Å². The number of hydrogen-bond donors (Lipinski definition) is 1. The number of H-pyrrole nitrogens is 1. The molecule has 0 unspecified atom stereocenters. The number of rotatable bonds is 4. The van der Waals surface area contributed by atoms with Gasteiger partial charge in [0.25, 0.3) is 5.65 Å². The maximum Gasteiger partial charge on any atom is 0.290 e. The number of sulfone groups is 1. The molecule has 1 aliphatic rings. The predicted octanol–water partition coefficient (Wildman–Crippen LogP) is 3.89. The van der Waals surface area contributed by atoms with Gasteiger partial charge in [-0.05, 0) is 62.9 Å². The van der Waals surface area contributed by atoms with E-state index in [1.54, 1.807) is 37.4 Å². The minimum absolute atomic E-state index is 0.132. The van der Waals surface area contributed by atoms with Crippen molar-refractivity contribution in [2.24, 2.45) is 0 Å². The smallest absolute Gasteiger partial charge is 0.290 e. The highest BCUT2D eigenvalue weighted by Crippen LogP contribution is 2.38. The standard InChI is InChI=1S/C21H24N2O4S/c1-14-12-18(17-10-11-22-21(17)23(14)24)19-13-16(28(2,25)26)8-9-20(19)27-15-6-4-3-5-7-15/h8-13,15,22H,3-7H2,1-2H3. The zero-order chi connectivity index (χ0) is 19.9. The fourth-order valence-corrected chi connectivity index (χ4v) is 4.55. The molecule has 0 aliphatic heterocycles. The van der Waals surface area contributed by atoms with Crippen molar-refractivity contribution in [1.82, 2.24) is 4.98 Å². The normalized spacial score (nSPS) is 15.8. The van der Waals surface area contributed by atoms with Gasteiger partial charge in [0.2, 0.25) is 0 Å². The van der Waals surface area contributed by atoms with Crippen LogP contribution in [0.2, 0.25) is 0 Å². The maximum absolute atomic E-state index is 12.4. The van der Waals surface area contributed by atoms with Crippen molar-refractivity contribution < 1.29 is 17.9 Å². The molecule has 0 atom stereocenters. The zero-order valence-corrected chi connectivity index (χ0v) is 16.9. The quantitative estimate of drug-likeness (QED) is 0.532. The van der Waals surface area contributed by atoms with E-state index in [9.17, 15) is 13.6 Å². The summed E-state index contributed by atoms with van der Waals surface area (Å²) in [6.07, 6.45) is 8.56. The van der Waals surface area contributed by atoms with Crippen molar-refractivity contribution in [1.29, 1.82) is 0 Å². The largest absolute Gasteiger partial charge is 0.710 e. The Bertz CT molecular complexity index is 1130. The van der Waals surface area contributed by atoms with Crippen molar-refractivity contribution in [2.45, 2.75) is 50.0 Å². The van der Waals surface area contributed by atoms with Gasteiger partial charge in [0, 0.05) is 17.4 Å². The predicted molar refractivity (Wildman–Crippen MR) is 108 cm³/mol. The van der Waals surface area contributed by atoms with E-state index in [-0.39, 0.29) is 11.0 Å². The molecule has 1 aromatic carbocycles. The lowest BCUT2D eigenvalue weighted by molar-refractivity contribution is -0.586. The van der Waals surface area contributed by atoms with Crippen molar-refractivity contribution in [3.8, 4) is 16.9 Å². The number of aromatic amines is 1. The number of nitrogens with zero attached hydrogens (tertiary/aromatic N) is 1. The Hall–Kier alpha value is -2.54. The molecular formula is C21H24N2O4S. The molecule has 0 bridgehead atoms. The SMILES string of the molecule is Cc1cc(-c2cc(S(C)(=O)=O)ccc2OC2CCCCC2)c2cc[nH]c2[n+]1[O-]. The topological polar surface area (TPSA) is 86.1 Å². The van der Waals surface area contributed by atoms with Crippen LogP contribution < -0.4 is 9.47 Å². The van der Waals surface area contributed by atoms with E-state index in [0.717, 1.165) is 41.4 Å². The first-order valence-electron chi connectivity index (χ1n) is 9.56. The van der Waals surface area contributed by atoms with E-state index >= 15 is 0 Å². The highest BCUT2D eigenvalue weighted by Gasteiger charge is 2.22. The third kappa shape index (κ3) is 3.46. The summed E-state index contributed by atoms with van der Waals surface area (Å²) in [6, 6.07) is 8.61. The minimum atomic E-state index is -3.37. The Kier molecular flexibility index (Phi) is 4.79. The fourth-order valence-electron chi connectivity index (χ4n) is 3.91.